The molecule has 0 saturated heterocycles. The molecule has 1 aromatic carbocycles. The van der Waals surface area contributed by atoms with Gasteiger partial charge in [-0.2, -0.15) is 10.1 Å². The van der Waals surface area contributed by atoms with Gasteiger partial charge in [0.1, 0.15) is 6.61 Å². The SMILES string of the molecule is CCCc1ccc(C2CCNc3nc(CO)nn32)cc1. The molecule has 0 saturated carbocycles. The second-order valence-electron chi connectivity index (χ2n) is 5.18. The first-order chi connectivity index (χ1) is 9.81. The van der Waals surface area contributed by atoms with E-state index in [0.29, 0.717) is 5.82 Å². The number of nitrogens with zero attached hydrogens (tertiary/aromatic N) is 3. The van der Waals surface area contributed by atoms with E-state index < -0.39 is 0 Å². The number of aryl methyl sites for hydroxylation is 1. The van der Waals surface area contributed by atoms with E-state index >= 15 is 0 Å². The van der Waals surface area contributed by atoms with Crippen LogP contribution in [0.15, 0.2) is 24.3 Å². The van der Waals surface area contributed by atoms with Crippen LogP contribution in [0.3, 0.4) is 0 Å². The summed E-state index contributed by atoms with van der Waals surface area (Å²) in [4.78, 5) is 4.28. The van der Waals surface area contributed by atoms with Crippen LogP contribution in [0.4, 0.5) is 5.95 Å². The number of anilines is 1. The topological polar surface area (TPSA) is 63.0 Å². The number of hydrogen-bond donors (Lipinski definition) is 2. The predicted molar refractivity (Wildman–Crippen MR) is 77.6 cm³/mol. The van der Waals surface area contributed by atoms with Crippen molar-refractivity contribution in [2.24, 2.45) is 0 Å². The molecule has 3 rings (SSSR count). The van der Waals surface area contributed by atoms with Crippen LogP contribution in [-0.4, -0.2) is 26.4 Å². The lowest BCUT2D eigenvalue weighted by atomic mass is 10.00. The molecular weight excluding hydrogens is 252 g/mol. The van der Waals surface area contributed by atoms with Crippen molar-refractivity contribution in [1.29, 1.82) is 0 Å². The summed E-state index contributed by atoms with van der Waals surface area (Å²) >= 11 is 0. The van der Waals surface area contributed by atoms with Gasteiger partial charge in [0.25, 0.3) is 0 Å². The first kappa shape index (κ1) is 13.1. The van der Waals surface area contributed by atoms with Crippen molar-refractivity contribution in [2.75, 3.05) is 11.9 Å². The van der Waals surface area contributed by atoms with E-state index in [4.69, 9.17) is 0 Å². The smallest absolute Gasteiger partial charge is 0.222 e. The summed E-state index contributed by atoms with van der Waals surface area (Å²) in [5.74, 6) is 1.23. The number of nitrogens with one attached hydrogen (secondary N) is 1. The van der Waals surface area contributed by atoms with Gasteiger partial charge in [0, 0.05) is 6.54 Å². The third-order valence-corrected chi connectivity index (χ3v) is 3.72. The molecule has 1 unspecified atom stereocenters. The van der Waals surface area contributed by atoms with Gasteiger partial charge in [0.2, 0.25) is 5.95 Å². The largest absolute Gasteiger partial charge is 0.388 e. The molecule has 2 N–H and O–H groups in total. The third-order valence-electron chi connectivity index (χ3n) is 3.72. The van der Waals surface area contributed by atoms with Gasteiger partial charge in [0.15, 0.2) is 5.82 Å². The molecule has 2 aromatic rings. The molecule has 0 amide bonds. The molecule has 1 atom stereocenters. The van der Waals surface area contributed by atoms with Crippen molar-refractivity contribution >= 4 is 5.95 Å². The summed E-state index contributed by atoms with van der Waals surface area (Å²) in [5.41, 5.74) is 2.63. The Morgan fingerprint density at radius 3 is 2.85 bits per heavy atom. The number of aliphatic hydroxyl groups excluding tert-OH is 1. The summed E-state index contributed by atoms with van der Waals surface area (Å²) in [6.07, 6.45) is 3.27. The minimum absolute atomic E-state index is 0.121. The van der Waals surface area contributed by atoms with Crippen LogP contribution in [-0.2, 0) is 13.0 Å². The van der Waals surface area contributed by atoms with E-state index in [0.717, 1.165) is 25.3 Å². The summed E-state index contributed by atoms with van der Waals surface area (Å²) in [6, 6.07) is 8.97. The molecule has 106 valence electrons. The molecule has 1 aliphatic rings. The highest BCUT2D eigenvalue weighted by molar-refractivity contribution is 5.33. The molecule has 5 nitrogen and oxygen atoms in total. The molecule has 0 fully saturated rings. The average molecular weight is 272 g/mol. The van der Waals surface area contributed by atoms with Gasteiger partial charge in [-0.05, 0) is 24.0 Å². The zero-order valence-corrected chi connectivity index (χ0v) is 11.7. The zero-order valence-electron chi connectivity index (χ0n) is 11.7. The molecule has 0 radical (unpaired) electrons. The molecular formula is C15H20N4O. The van der Waals surface area contributed by atoms with Crippen molar-refractivity contribution in [3.8, 4) is 0 Å². The van der Waals surface area contributed by atoms with Crippen LogP contribution < -0.4 is 5.32 Å². The Labute approximate surface area is 118 Å². The Kier molecular flexibility index (Phi) is 3.69. The van der Waals surface area contributed by atoms with E-state index in [2.05, 4.69) is 46.6 Å². The Morgan fingerprint density at radius 1 is 1.35 bits per heavy atom. The highest BCUT2D eigenvalue weighted by Crippen LogP contribution is 2.28. The minimum atomic E-state index is -0.121. The van der Waals surface area contributed by atoms with Crippen LogP contribution in [0.5, 0.6) is 0 Å². The molecule has 2 heterocycles. The fraction of sp³-hybridized carbons (Fsp3) is 0.467. The van der Waals surface area contributed by atoms with Crippen LogP contribution >= 0.6 is 0 Å². The van der Waals surface area contributed by atoms with Gasteiger partial charge < -0.3 is 10.4 Å². The van der Waals surface area contributed by atoms with Crippen molar-refractivity contribution in [2.45, 2.75) is 38.8 Å². The quantitative estimate of drug-likeness (QED) is 0.895. The number of aliphatic hydroxyl groups is 1. The Balaban J connectivity index is 1.89. The number of hydrogen-bond acceptors (Lipinski definition) is 4. The molecule has 0 aliphatic carbocycles. The normalized spacial score (nSPS) is 17.6. The maximum Gasteiger partial charge on any atom is 0.222 e. The summed E-state index contributed by atoms with van der Waals surface area (Å²) in [7, 11) is 0. The number of benzene rings is 1. The van der Waals surface area contributed by atoms with E-state index in [9.17, 15) is 5.11 Å². The highest BCUT2D eigenvalue weighted by atomic mass is 16.3. The lowest BCUT2D eigenvalue weighted by Gasteiger charge is -2.24. The maximum absolute atomic E-state index is 9.17. The van der Waals surface area contributed by atoms with Crippen LogP contribution in [0, 0.1) is 0 Å². The average Bonchev–Trinajstić information content (AvgIpc) is 2.91. The summed E-state index contributed by atoms with van der Waals surface area (Å²) in [5, 5.41) is 16.8. The van der Waals surface area contributed by atoms with Crippen LogP contribution in [0.25, 0.3) is 0 Å². The van der Waals surface area contributed by atoms with Crippen molar-refractivity contribution in [3.63, 3.8) is 0 Å². The predicted octanol–water partition coefficient (Wildman–Crippen LogP) is 2.13. The molecule has 1 aliphatic heterocycles. The second kappa shape index (κ2) is 5.63. The fourth-order valence-corrected chi connectivity index (χ4v) is 2.72. The van der Waals surface area contributed by atoms with E-state index in [1.807, 2.05) is 4.68 Å². The van der Waals surface area contributed by atoms with Gasteiger partial charge >= 0.3 is 0 Å². The molecule has 0 spiro atoms. The van der Waals surface area contributed by atoms with E-state index in [1.54, 1.807) is 0 Å². The van der Waals surface area contributed by atoms with E-state index in [-0.39, 0.29) is 12.6 Å². The highest BCUT2D eigenvalue weighted by Gasteiger charge is 2.24. The third kappa shape index (κ3) is 2.41. The number of aromatic nitrogens is 3. The lowest BCUT2D eigenvalue weighted by molar-refractivity contribution is 0.270. The van der Waals surface area contributed by atoms with E-state index in [1.165, 1.54) is 17.5 Å². The maximum atomic E-state index is 9.17. The monoisotopic (exact) mass is 272 g/mol. The molecule has 1 aromatic heterocycles. The summed E-state index contributed by atoms with van der Waals surface area (Å²) in [6.45, 7) is 2.95. The standard InChI is InChI=1S/C15H20N4O/c1-2-3-11-4-6-12(7-5-11)13-8-9-16-15-17-14(10-20)18-19(13)15/h4-7,13,20H,2-3,8-10H2,1H3,(H,16,17,18). The van der Waals surface area contributed by atoms with Gasteiger partial charge in [-0.15, -0.1) is 0 Å². The lowest BCUT2D eigenvalue weighted by Crippen LogP contribution is -2.24. The van der Waals surface area contributed by atoms with Gasteiger partial charge in [-0.25, -0.2) is 4.68 Å². The second-order valence-corrected chi connectivity index (χ2v) is 5.18. The Morgan fingerprint density at radius 2 is 2.15 bits per heavy atom. The first-order valence-corrected chi connectivity index (χ1v) is 7.20. The van der Waals surface area contributed by atoms with Crippen LogP contribution in [0.1, 0.15) is 42.8 Å². The van der Waals surface area contributed by atoms with Crippen molar-refractivity contribution in [1.82, 2.24) is 14.8 Å². The molecule has 0 bridgehead atoms. The summed E-state index contributed by atoms with van der Waals surface area (Å²) < 4.78 is 1.89. The Bertz CT molecular complexity index is 576. The molecule has 20 heavy (non-hydrogen) atoms. The zero-order chi connectivity index (χ0) is 13.9. The molecule has 5 heteroatoms. The fourth-order valence-electron chi connectivity index (χ4n) is 2.72. The van der Waals surface area contributed by atoms with Crippen LogP contribution in [0.2, 0.25) is 0 Å². The van der Waals surface area contributed by atoms with Crippen molar-refractivity contribution < 1.29 is 5.11 Å². The van der Waals surface area contributed by atoms with Gasteiger partial charge in [-0.1, -0.05) is 37.6 Å². The van der Waals surface area contributed by atoms with Gasteiger partial charge in [0.05, 0.1) is 6.04 Å². The number of rotatable bonds is 4. The first-order valence-electron chi connectivity index (χ1n) is 7.20. The number of fused-ring (bicyclic) bond motifs is 1. The van der Waals surface area contributed by atoms with Gasteiger partial charge in [-0.3, -0.25) is 0 Å². The Hall–Kier alpha value is -1.88. The van der Waals surface area contributed by atoms with Crippen molar-refractivity contribution in [3.05, 3.63) is 41.2 Å². The minimum Gasteiger partial charge on any atom is -0.388 e.